The highest BCUT2D eigenvalue weighted by atomic mass is 32.2. The molecule has 0 radical (unpaired) electrons. The van der Waals surface area contributed by atoms with Crippen molar-refractivity contribution in [3.05, 3.63) is 0 Å². The molecular weight excluding hydrogens is 320 g/mol. The lowest BCUT2D eigenvalue weighted by Gasteiger charge is -2.06. The van der Waals surface area contributed by atoms with Crippen LogP contribution in [0.1, 0.15) is 117 Å². The standard InChI is InChI=1S/C20H42O3S/c1-3-5-7-9-10-11-12-13-14-15-17-19-23-24(21,22)20-18-16-8-6-4-2/h3-20H2,1-2H3. The summed E-state index contributed by atoms with van der Waals surface area (Å²) in [6.07, 6.45) is 19.2. The molecule has 0 aliphatic heterocycles. The third kappa shape index (κ3) is 18.3. The van der Waals surface area contributed by atoms with Crippen LogP contribution in [0.25, 0.3) is 0 Å². The highest BCUT2D eigenvalue weighted by Crippen LogP contribution is 2.12. The van der Waals surface area contributed by atoms with Crippen LogP contribution in [0.3, 0.4) is 0 Å². The summed E-state index contributed by atoms with van der Waals surface area (Å²) in [6.45, 7) is 4.78. The molecule has 0 aromatic rings. The van der Waals surface area contributed by atoms with Crippen LogP contribution in [0.5, 0.6) is 0 Å². The van der Waals surface area contributed by atoms with Gasteiger partial charge in [-0.05, 0) is 12.8 Å². The molecule has 24 heavy (non-hydrogen) atoms. The normalized spacial score (nSPS) is 11.9. The minimum Gasteiger partial charge on any atom is -0.270 e. The first-order chi connectivity index (χ1) is 11.6. The van der Waals surface area contributed by atoms with E-state index < -0.39 is 10.1 Å². The van der Waals surface area contributed by atoms with Crippen molar-refractivity contribution in [1.82, 2.24) is 0 Å². The Morgan fingerprint density at radius 1 is 0.542 bits per heavy atom. The second kappa shape index (κ2) is 17.7. The average molecular weight is 363 g/mol. The van der Waals surface area contributed by atoms with Gasteiger partial charge in [-0.1, -0.05) is 104 Å². The Kier molecular flexibility index (Phi) is 17.7. The highest BCUT2D eigenvalue weighted by molar-refractivity contribution is 7.86. The van der Waals surface area contributed by atoms with Gasteiger partial charge in [0, 0.05) is 0 Å². The molecule has 0 aromatic heterocycles. The van der Waals surface area contributed by atoms with Gasteiger partial charge in [-0.3, -0.25) is 4.18 Å². The van der Waals surface area contributed by atoms with Crippen LogP contribution in [-0.2, 0) is 14.3 Å². The molecule has 0 saturated carbocycles. The van der Waals surface area contributed by atoms with Gasteiger partial charge in [0.1, 0.15) is 0 Å². The molecule has 0 rings (SSSR count). The first-order valence-electron chi connectivity index (χ1n) is 10.5. The zero-order valence-corrected chi connectivity index (χ0v) is 17.2. The summed E-state index contributed by atoms with van der Waals surface area (Å²) in [5.41, 5.74) is 0. The first-order valence-corrected chi connectivity index (χ1v) is 12.1. The quantitative estimate of drug-likeness (QED) is 0.192. The lowest BCUT2D eigenvalue weighted by atomic mass is 10.1. The van der Waals surface area contributed by atoms with E-state index in [-0.39, 0.29) is 5.75 Å². The van der Waals surface area contributed by atoms with E-state index in [1.165, 1.54) is 70.6 Å². The molecule has 0 aliphatic carbocycles. The second-order valence-corrected chi connectivity index (χ2v) is 8.79. The molecule has 0 aromatic carbocycles. The fourth-order valence-electron chi connectivity index (χ4n) is 2.89. The maximum atomic E-state index is 11.7. The Labute approximate surface area is 152 Å². The predicted octanol–water partition coefficient (Wildman–Crippen LogP) is 6.61. The number of hydrogen-bond donors (Lipinski definition) is 0. The molecule has 0 aliphatic rings. The van der Waals surface area contributed by atoms with Crippen molar-refractivity contribution >= 4 is 10.1 Å². The lowest BCUT2D eigenvalue weighted by molar-refractivity contribution is 0.305. The fourth-order valence-corrected chi connectivity index (χ4v) is 3.94. The number of unbranched alkanes of at least 4 members (excludes halogenated alkanes) is 14. The van der Waals surface area contributed by atoms with Crippen molar-refractivity contribution in [2.24, 2.45) is 0 Å². The molecule has 4 heteroatoms. The van der Waals surface area contributed by atoms with Crippen LogP contribution < -0.4 is 0 Å². The van der Waals surface area contributed by atoms with E-state index in [0.717, 1.165) is 32.1 Å². The summed E-state index contributed by atoms with van der Waals surface area (Å²) in [4.78, 5) is 0. The Morgan fingerprint density at radius 3 is 1.38 bits per heavy atom. The topological polar surface area (TPSA) is 43.4 Å². The lowest BCUT2D eigenvalue weighted by Crippen LogP contribution is -2.11. The van der Waals surface area contributed by atoms with Crippen LogP contribution >= 0.6 is 0 Å². The maximum Gasteiger partial charge on any atom is 0.267 e. The summed E-state index contributed by atoms with van der Waals surface area (Å²) in [5.74, 6) is 0.189. The highest BCUT2D eigenvalue weighted by Gasteiger charge is 2.10. The summed E-state index contributed by atoms with van der Waals surface area (Å²) in [5, 5.41) is 0. The Morgan fingerprint density at radius 2 is 0.917 bits per heavy atom. The van der Waals surface area contributed by atoms with Gasteiger partial charge in [0.05, 0.1) is 12.4 Å². The van der Waals surface area contributed by atoms with Crippen molar-refractivity contribution in [2.45, 2.75) is 117 Å². The van der Waals surface area contributed by atoms with Crippen LogP contribution in [0.2, 0.25) is 0 Å². The van der Waals surface area contributed by atoms with Gasteiger partial charge in [0.15, 0.2) is 0 Å². The number of rotatable bonds is 19. The summed E-state index contributed by atoms with van der Waals surface area (Å²) >= 11 is 0. The molecular formula is C20H42O3S. The minimum absolute atomic E-state index is 0.189. The van der Waals surface area contributed by atoms with Crippen LogP contribution in [-0.4, -0.2) is 20.8 Å². The van der Waals surface area contributed by atoms with E-state index in [0.29, 0.717) is 6.61 Å². The zero-order valence-electron chi connectivity index (χ0n) is 16.4. The predicted molar refractivity (Wildman–Crippen MR) is 105 cm³/mol. The van der Waals surface area contributed by atoms with Gasteiger partial charge in [-0.25, -0.2) is 0 Å². The summed E-state index contributed by atoms with van der Waals surface area (Å²) in [6, 6.07) is 0. The molecule has 0 unspecified atom stereocenters. The zero-order chi connectivity index (χ0) is 17.9. The van der Waals surface area contributed by atoms with Gasteiger partial charge in [-0.2, -0.15) is 8.42 Å². The van der Waals surface area contributed by atoms with Gasteiger partial charge in [0.2, 0.25) is 0 Å². The maximum absolute atomic E-state index is 11.7. The Hall–Kier alpha value is -0.0900. The molecule has 146 valence electrons. The molecule has 0 bridgehead atoms. The molecule has 3 nitrogen and oxygen atoms in total. The van der Waals surface area contributed by atoms with E-state index >= 15 is 0 Å². The smallest absolute Gasteiger partial charge is 0.267 e. The van der Waals surface area contributed by atoms with Crippen molar-refractivity contribution in [2.75, 3.05) is 12.4 Å². The third-order valence-corrected chi connectivity index (χ3v) is 5.82. The largest absolute Gasteiger partial charge is 0.270 e. The average Bonchev–Trinajstić information content (AvgIpc) is 2.55. The second-order valence-electron chi connectivity index (χ2n) is 7.03. The van der Waals surface area contributed by atoms with Crippen molar-refractivity contribution in [3.8, 4) is 0 Å². The molecule has 0 heterocycles. The summed E-state index contributed by atoms with van der Waals surface area (Å²) in [7, 11) is -3.28. The molecule has 0 fully saturated rings. The van der Waals surface area contributed by atoms with Gasteiger partial charge in [-0.15, -0.1) is 0 Å². The van der Waals surface area contributed by atoms with E-state index in [1.54, 1.807) is 0 Å². The molecule has 0 atom stereocenters. The van der Waals surface area contributed by atoms with Crippen LogP contribution in [0.15, 0.2) is 0 Å². The SMILES string of the molecule is CCCCCCCCCCCCCOS(=O)(=O)CCCCCCC. The Balaban J connectivity index is 3.30. The van der Waals surface area contributed by atoms with Gasteiger partial charge < -0.3 is 0 Å². The molecule has 0 N–H and O–H groups in total. The van der Waals surface area contributed by atoms with E-state index in [2.05, 4.69) is 13.8 Å². The van der Waals surface area contributed by atoms with Gasteiger partial charge in [0.25, 0.3) is 10.1 Å². The van der Waals surface area contributed by atoms with Crippen molar-refractivity contribution in [3.63, 3.8) is 0 Å². The molecule has 0 amide bonds. The van der Waals surface area contributed by atoms with Crippen LogP contribution in [0, 0.1) is 0 Å². The minimum atomic E-state index is -3.28. The molecule has 0 saturated heterocycles. The van der Waals surface area contributed by atoms with Crippen molar-refractivity contribution in [1.29, 1.82) is 0 Å². The molecule has 0 spiro atoms. The van der Waals surface area contributed by atoms with Gasteiger partial charge >= 0.3 is 0 Å². The monoisotopic (exact) mass is 362 g/mol. The van der Waals surface area contributed by atoms with E-state index in [9.17, 15) is 8.42 Å². The third-order valence-electron chi connectivity index (χ3n) is 4.51. The fraction of sp³-hybridized carbons (Fsp3) is 1.00. The summed E-state index contributed by atoms with van der Waals surface area (Å²) < 4.78 is 28.5. The number of hydrogen-bond acceptors (Lipinski definition) is 3. The van der Waals surface area contributed by atoms with Crippen LogP contribution in [0.4, 0.5) is 0 Å². The first kappa shape index (κ1) is 23.9. The van der Waals surface area contributed by atoms with E-state index in [1.807, 2.05) is 0 Å². The van der Waals surface area contributed by atoms with E-state index in [4.69, 9.17) is 4.18 Å². The van der Waals surface area contributed by atoms with Crippen molar-refractivity contribution < 1.29 is 12.6 Å². The Bertz CT molecular complexity index is 339.